The van der Waals surface area contributed by atoms with Gasteiger partial charge in [-0.25, -0.2) is 4.79 Å². The third-order valence-electron chi connectivity index (χ3n) is 5.86. The fourth-order valence-corrected chi connectivity index (χ4v) is 4.29. The number of aromatic nitrogens is 1. The number of nitrogens with zero attached hydrogens (tertiary/aromatic N) is 1. The zero-order chi connectivity index (χ0) is 21.1. The fourth-order valence-electron chi connectivity index (χ4n) is 4.29. The van der Waals surface area contributed by atoms with Gasteiger partial charge in [-0.05, 0) is 30.9 Å². The molecular formula is C21H25N5O4. The molecule has 2 aromatic rings. The highest BCUT2D eigenvalue weighted by atomic mass is 16.2. The second kappa shape index (κ2) is 8.17. The van der Waals surface area contributed by atoms with Gasteiger partial charge in [0, 0.05) is 30.1 Å². The van der Waals surface area contributed by atoms with E-state index in [0.29, 0.717) is 19.3 Å². The lowest BCUT2D eigenvalue weighted by Gasteiger charge is -2.19. The average molecular weight is 411 g/mol. The molecule has 1 spiro atoms. The summed E-state index contributed by atoms with van der Waals surface area (Å²) in [6.45, 7) is 0.184. The van der Waals surface area contributed by atoms with Gasteiger partial charge in [0.05, 0.1) is 6.42 Å². The van der Waals surface area contributed by atoms with Gasteiger partial charge in [0.2, 0.25) is 11.8 Å². The van der Waals surface area contributed by atoms with Crippen molar-refractivity contribution in [3.05, 3.63) is 36.0 Å². The Labute approximate surface area is 173 Å². The van der Waals surface area contributed by atoms with Crippen LogP contribution in [0.15, 0.2) is 30.5 Å². The number of fused-ring (bicyclic) bond motifs is 1. The zero-order valence-corrected chi connectivity index (χ0v) is 16.6. The van der Waals surface area contributed by atoms with Crippen LogP contribution in [0.2, 0.25) is 0 Å². The first-order valence-corrected chi connectivity index (χ1v) is 10.3. The number of urea groups is 1. The lowest BCUT2D eigenvalue weighted by molar-refractivity contribution is -0.131. The van der Waals surface area contributed by atoms with Crippen molar-refractivity contribution in [2.75, 3.05) is 6.54 Å². The number of hydrazine groups is 1. The number of imide groups is 1. The molecular weight excluding hydrogens is 386 g/mol. The molecule has 9 heteroatoms. The van der Waals surface area contributed by atoms with Gasteiger partial charge in [0.25, 0.3) is 5.91 Å². The number of hydrogen-bond acceptors (Lipinski definition) is 4. The number of rotatable bonds is 6. The van der Waals surface area contributed by atoms with Gasteiger partial charge in [-0.2, -0.15) is 0 Å². The van der Waals surface area contributed by atoms with Crippen LogP contribution in [0.25, 0.3) is 10.9 Å². The number of aromatic amines is 1. The van der Waals surface area contributed by atoms with E-state index in [9.17, 15) is 19.2 Å². The van der Waals surface area contributed by atoms with E-state index in [1.54, 1.807) is 6.20 Å². The highest BCUT2D eigenvalue weighted by molar-refractivity contribution is 6.07. The molecule has 2 heterocycles. The third-order valence-corrected chi connectivity index (χ3v) is 5.86. The summed E-state index contributed by atoms with van der Waals surface area (Å²) >= 11 is 0. The number of para-hydroxylation sites is 1. The van der Waals surface area contributed by atoms with E-state index in [4.69, 9.17) is 0 Å². The van der Waals surface area contributed by atoms with E-state index in [1.165, 1.54) is 4.90 Å². The molecule has 4 rings (SSSR count). The Morgan fingerprint density at radius 3 is 2.60 bits per heavy atom. The van der Waals surface area contributed by atoms with Crippen LogP contribution in [-0.2, 0) is 20.8 Å². The monoisotopic (exact) mass is 411 g/mol. The van der Waals surface area contributed by atoms with Crippen molar-refractivity contribution in [3.63, 3.8) is 0 Å². The normalized spacial score (nSPS) is 17.5. The summed E-state index contributed by atoms with van der Waals surface area (Å²) in [5.74, 6) is -0.882. The Bertz CT molecular complexity index is 992. The largest absolute Gasteiger partial charge is 0.361 e. The number of nitrogens with one attached hydrogen (secondary N) is 4. The summed E-state index contributed by atoms with van der Waals surface area (Å²) in [5.41, 5.74) is 5.86. The second-order valence-electron chi connectivity index (χ2n) is 7.91. The summed E-state index contributed by atoms with van der Waals surface area (Å²) in [6, 6.07) is 7.29. The summed E-state index contributed by atoms with van der Waals surface area (Å²) in [7, 11) is 0. The number of carbonyl (C=O) groups excluding carboxylic acids is 4. The van der Waals surface area contributed by atoms with Crippen molar-refractivity contribution in [2.24, 2.45) is 0 Å². The zero-order valence-electron chi connectivity index (χ0n) is 16.6. The Morgan fingerprint density at radius 1 is 1.07 bits per heavy atom. The van der Waals surface area contributed by atoms with E-state index < -0.39 is 5.54 Å². The van der Waals surface area contributed by atoms with Gasteiger partial charge in [0.1, 0.15) is 5.54 Å². The van der Waals surface area contributed by atoms with Crippen molar-refractivity contribution in [1.82, 2.24) is 26.1 Å². The van der Waals surface area contributed by atoms with Crippen molar-refractivity contribution < 1.29 is 19.2 Å². The number of carbonyl (C=O) groups is 4. The summed E-state index contributed by atoms with van der Waals surface area (Å²) in [6.07, 6.45) is 5.56. The van der Waals surface area contributed by atoms with Gasteiger partial charge >= 0.3 is 6.03 Å². The van der Waals surface area contributed by atoms with Crippen LogP contribution in [0.4, 0.5) is 4.79 Å². The van der Waals surface area contributed by atoms with Crippen molar-refractivity contribution >= 4 is 34.7 Å². The third kappa shape index (κ3) is 3.87. The fraction of sp³-hybridized carbons (Fsp3) is 0.429. The van der Waals surface area contributed by atoms with E-state index in [0.717, 1.165) is 29.3 Å². The molecule has 1 saturated carbocycles. The highest BCUT2D eigenvalue weighted by Gasteiger charge is 2.52. The molecule has 0 bridgehead atoms. The van der Waals surface area contributed by atoms with Crippen LogP contribution < -0.4 is 16.2 Å². The summed E-state index contributed by atoms with van der Waals surface area (Å²) in [4.78, 5) is 53.1. The lowest BCUT2D eigenvalue weighted by Crippen LogP contribution is -2.44. The molecule has 0 atom stereocenters. The average Bonchev–Trinajstić information content (AvgIpc) is 3.42. The first kappa shape index (κ1) is 19.9. The molecule has 158 valence electrons. The van der Waals surface area contributed by atoms with Crippen LogP contribution in [-0.4, -0.2) is 45.7 Å². The minimum absolute atomic E-state index is 0.0947. The molecule has 2 fully saturated rings. The van der Waals surface area contributed by atoms with Crippen LogP contribution in [0, 0.1) is 0 Å². The van der Waals surface area contributed by atoms with Gasteiger partial charge in [-0.3, -0.25) is 30.1 Å². The van der Waals surface area contributed by atoms with E-state index in [2.05, 4.69) is 21.2 Å². The maximum absolute atomic E-state index is 12.6. The molecule has 4 N–H and O–H groups in total. The minimum Gasteiger partial charge on any atom is -0.361 e. The van der Waals surface area contributed by atoms with Gasteiger partial charge < -0.3 is 10.3 Å². The second-order valence-corrected chi connectivity index (χ2v) is 7.91. The van der Waals surface area contributed by atoms with Crippen molar-refractivity contribution in [3.8, 4) is 0 Å². The van der Waals surface area contributed by atoms with Gasteiger partial charge in [-0.1, -0.05) is 31.0 Å². The molecule has 1 aromatic carbocycles. The minimum atomic E-state index is -0.726. The smallest absolute Gasteiger partial charge is 0.325 e. The standard InChI is InChI=1S/C21H25N5O4/c27-17(8-5-11-26-19(29)21(23-20(26)30)9-3-4-10-21)24-25-18(28)12-14-13-22-16-7-2-1-6-15(14)16/h1-2,6-7,13,22H,3-5,8-12H2,(H,23,30)(H,24,27)(H,25,28). The molecule has 2 aliphatic rings. The predicted octanol–water partition coefficient (Wildman–Crippen LogP) is 1.50. The molecule has 1 saturated heterocycles. The van der Waals surface area contributed by atoms with Crippen LogP contribution >= 0.6 is 0 Å². The van der Waals surface area contributed by atoms with Gasteiger partial charge in [0.15, 0.2) is 0 Å². The Kier molecular flexibility index (Phi) is 5.43. The van der Waals surface area contributed by atoms with Crippen molar-refractivity contribution in [1.29, 1.82) is 0 Å². The molecule has 9 nitrogen and oxygen atoms in total. The van der Waals surface area contributed by atoms with Crippen molar-refractivity contribution in [2.45, 2.75) is 50.5 Å². The molecule has 0 unspecified atom stereocenters. The molecule has 0 radical (unpaired) electrons. The number of benzene rings is 1. The maximum atomic E-state index is 12.6. The quantitative estimate of drug-likeness (QED) is 0.425. The molecule has 1 aliphatic carbocycles. The predicted molar refractivity (Wildman–Crippen MR) is 109 cm³/mol. The number of H-pyrrole nitrogens is 1. The first-order chi connectivity index (χ1) is 14.5. The molecule has 30 heavy (non-hydrogen) atoms. The maximum Gasteiger partial charge on any atom is 0.325 e. The Balaban J connectivity index is 1.19. The van der Waals surface area contributed by atoms with Crippen LogP contribution in [0.5, 0.6) is 0 Å². The van der Waals surface area contributed by atoms with E-state index >= 15 is 0 Å². The lowest BCUT2D eigenvalue weighted by atomic mass is 9.98. The summed E-state index contributed by atoms with van der Waals surface area (Å²) in [5, 5.41) is 3.78. The van der Waals surface area contributed by atoms with Crippen LogP contribution in [0.3, 0.4) is 0 Å². The number of amides is 5. The van der Waals surface area contributed by atoms with Crippen LogP contribution in [0.1, 0.15) is 44.1 Å². The molecule has 5 amide bonds. The molecule has 1 aliphatic heterocycles. The van der Waals surface area contributed by atoms with E-state index in [1.807, 2.05) is 24.3 Å². The topological polar surface area (TPSA) is 123 Å². The van der Waals surface area contributed by atoms with E-state index in [-0.39, 0.29) is 43.1 Å². The Hall–Kier alpha value is -3.36. The summed E-state index contributed by atoms with van der Waals surface area (Å²) < 4.78 is 0. The highest BCUT2D eigenvalue weighted by Crippen LogP contribution is 2.35. The Morgan fingerprint density at radius 2 is 1.80 bits per heavy atom. The first-order valence-electron chi connectivity index (χ1n) is 10.3. The SMILES string of the molecule is O=C(CCCN1C(=O)NC2(CCCC2)C1=O)NNC(=O)Cc1c[nH]c2ccccc12. The number of hydrogen-bond donors (Lipinski definition) is 4. The van der Waals surface area contributed by atoms with Gasteiger partial charge in [-0.15, -0.1) is 0 Å². The molecule has 1 aromatic heterocycles.